The molecule has 1 aromatic heterocycles. The van der Waals surface area contributed by atoms with E-state index in [1.165, 1.54) is 7.11 Å². The van der Waals surface area contributed by atoms with Crippen LogP contribution in [0.15, 0.2) is 54.6 Å². The van der Waals surface area contributed by atoms with E-state index in [1.807, 2.05) is 25.1 Å². The van der Waals surface area contributed by atoms with Gasteiger partial charge in [0.1, 0.15) is 11.5 Å². The van der Waals surface area contributed by atoms with Crippen LogP contribution in [0.2, 0.25) is 0 Å². The largest absolute Gasteiger partial charge is 0.497 e. The first-order chi connectivity index (χ1) is 14.1. The minimum atomic E-state index is -0.387. The highest BCUT2D eigenvalue weighted by atomic mass is 16.5. The fourth-order valence-corrected chi connectivity index (χ4v) is 2.61. The quantitative estimate of drug-likeness (QED) is 0.624. The molecule has 3 aromatic rings. The van der Waals surface area contributed by atoms with Crippen LogP contribution in [0.25, 0.3) is 11.3 Å². The van der Waals surface area contributed by atoms with Crippen LogP contribution in [0.1, 0.15) is 6.92 Å². The van der Waals surface area contributed by atoms with Crippen LogP contribution in [0, 0.1) is 0 Å². The Bertz CT molecular complexity index is 959. The van der Waals surface area contributed by atoms with Gasteiger partial charge in [0.25, 0.3) is 0 Å². The Labute approximate surface area is 168 Å². The Kier molecular flexibility index (Phi) is 6.47. The number of ether oxygens (including phenoxy) is 3. The average molecular weight is 394 g/mol. The summed E-state index contributed by atoms with van der Waals surface area (Å²) in [5, 5.41) is 13.7. The highest BCUT2D eigenvalue weighted by molar-refractivity contribution is 6.00. The molecule has 29 heavy (non-hydrogen) atoms. The second-order valence-electron chi connectivity index (χ2n) is 5.91. The van der Waals surface area contributed by atoms with Crippen LogP contribution in [-0.4, -0.2) is 37.1 Å². The maximum absolute atomic E-state index is 12.3. The van der Waals surface area contributed by atoms with E-state index in [-0.39, 0.29) is 6.03 Å². The zero-order valence-corrected chi connectivity index (χ0v) is 16.4. The number of hydrogen-bond acceptors (Lipinski definition) is 6. The second kappa shape index (κ2) is 9.41. The number of nitrogens with one attached hydrogen (secondary N) is 2. The van der Waals surface area contributed by atoms with Crippen LogP contribution in [0.5, 0.6) is 17.4 Å². The van der Waals surface area contributed by atoms with Crippen molar-refractivity contribution >= 4 is 17.4 Å². The number of amides is 2. The molecule has 8 heteroatoms. The van der Waals surface area contributed by atoms with E-state index in [2.05, 4.69) is 20.8 Å². The molecule has 0 bridgehead atoms. The summed E-state index contributed by atoms with van der Waals surface area (Å²) in [4.78, 5) is 12.3. The fourth-order valence-electron chi connectivity index (χ4n) is 2.61. The van der Waals surface area contributed by atoms with E-state index in [4.69, 9.17) is 14.2 Å². The first-order valence-electron chi connectivity index (χ1n) is 9.00. The van der Waals surface area contributed by atoms with Gasteiger partial charge in [0.2, 0.25) is 5.88 Å². The van der Waals surface area contributed by atoms with Crippen molar-refractivity contribution in [3.05, 3.63) is 54.6 Å². The van der Waals surface area contributed by atoms with Crippen LogP contribution >= 0.6 is 0 Å². The third kappa shape index (κ3) is 5.13. The molecule has 0 saturated carbocycles. The van der Waals surface area contributed by atoms with Gasteiger partial charge in [0.15, 0.2) is 0 Å². The molecular weight excluding hydrogens is 372 g/mol. The fraction of sp³-hybridized carbons (Fsp3) is 0.190. The molecule has 3 rings (SSSR count). The van der Waals surface area contributed by atoms with Crippen molar-refractivity contribution in [2.24, 2.45) is 0 Å². The molecular formula is C21H22N4O4. The number of hydrogen-bond donors (Lipinski definition) is 2. The molecule has 2 N–H and O–H groups in total. The summed E-state index contributed by atoms with van der Waals surface area (Å²) in [5.41, 5.74) is 2.76. The first-order valence-corrected chi connectivity index (χ1v) is 9.00. The highest BCUT2D eigenvalue weighted by Gasteiger charge is 2.09. The first kappa shape index (κ1) is 19.9. The molecule has 0 radical (unpaired) electrons. The summed E-state index contributed by atoms with van der Waals surface area (Å²) < 4.78 is 15.7. The van der Waals surface area contributed by atoms with Gasteiger partial charge in [0, 0.05) is 23.4 Å². The third-order valence-electron chi connectivity index (χ3n) is 4.03. The molecule has 0 aliphatic heterocycles. The summed E-state index contributed by atoms with van der Waals surface area (Å²) in [6.45, 7) is 2.43. The van der Waals surface area contributed by atoms with Gasteiger partial charge in [-0.2, -0.15) is 0 Å². The second-order valence-corrected chi connectivity index (χ2v) is 5.91. The monoisotopic (exact) mass is 394 g/mol. The lowest BCUT2D eigenvalue weighted by atomic mass is 10.1. The SMILES string of the molecule is CCOc1ccc(-c2ccc(NC(=O)Nc3ccc(OC)cc3OC)cc2)nn1. The lowest BCUT2D eigenvalue weighted by molar-refractivity contribution is 0.262. The van der Waals surface area contributed by atoms with Crippen molar-refractivity contribution in [1.29, 1.82) is 0 Å². The maximum Gasteiger partial charge on any atom is 0.323 e. The molecule has 2 amide bonds. The van der Waals surface area contributed by atoms with Crippen molar-refractivity contribution in [1.82, 2.24) is 10.2 Å². The van der Waals surface area contributed by atoms with E-state index in [0.29, 0.717) is 41.1 Å². The van der Waals surface area contributed by atoms with Crippen molar-refractivity contribution in [2.45, 2.75) is 6.92 Å². The third-order valence-corrected chi connectivity index (χ3v) is 4.03. The van der Waals surface area contributed by atoms with Crippen molar-refractivity contribution in [3.63, 3.8) is 0 Å². The molecule has 0 fully saturated rings. The predicted octanol–water partition coefficient (Wildman–Crippen LogP) is 4.20. The van der Waals surface area contributed by atoms with Gasteiger partial charge in [-0.1, -0.05) is 12.1 Å². The lowest BCUT2D eigenvalue weighted by Gasteiger charge is -2.12. The van der Waals surface area contributed by atoms with E-state index < -0.39 is 0 Å². The zero-order valence-electron chi connectivity index (χ0n) is 16.4. The Morgan fingerprint density at radius 2 is 1.72 bits per heavy atom. The van der Waals surface area contributed by atoms with E-state index in [0.717, 1.165) is 5.56 Å². The Hall–Kier alpha value is -3.81. The molecule has 0 atom stereocenters. The summed E-state index contributed by atoms with van der Waals surface area (Å²) in [6, 6.07) is 15.7. The van der Waals surface area contributed by atoms with Crippen LogP contribution < -0.4 is 24.8 Å². The predicted molar refractivity (Wildman–Crippen MR) is 111 cm³/mol. The van der Waals surface area contributed by atoms with E-state index in [9.17, 15) is 4.79 Å². The number of anilines is 2. The molecule has 0 aliphatic rings. The number of aromatic nitrogens is 2. The summed E-state index contributed by atoms with van der Waals surface area (Å²) in [5.74, 6) is 1.63. The van der Waals surface area contributed by atoms with Gasteiger partial charge in [-0.25, -0.2) is 4.79 Å². The lowest BCUT2D eigenvalue weighted by Crippen LogP contribution is -2.19. The van der Waals surface area contributed by atoms with Crippen molar-refractivity contribution < 1.29 is 19.0 Å². The van der Waals surface area contributed by atoms with Gasteiger partial charge < -0.3 is 24.8 Å². The van der Waals surface area contributed by atoms with E-state index in [1.54, 1.807) is 43.5 Å². The number of carbonyl (C=O) groups is 1. The molecule has 150 valence electrons. The number of urea groups is 1. The molecule has 8 nitrogen and oxygen atoms in total. The number of nitrogens with zero attached hydrogens (tertiary/aromatic N) is 2. The molecule has 1 heterocycles. The van der Waals surface area contributed by atoms with Crippen molar-refractivity contribution in [2.75, 3.05) is 31.5 Å². The maximum atomic E-state index is 12.3. The number of methoxy groups -OCH3 is 2. The highest BCUT2D eigenvalue weighted by Crippen LogP contribution is 2.29. The van der Waals surface area contributed by atoms with Gasteiger partial charge >= 0.3 is 6.03 Å². The standard InChI is InChI=1S/C21H22N4O4/c1-4-29-20-12-11-17(24-25-20)14-5-7-15(8-6-14)22-21(26)23-18-10-9-16(27-2)13-19(18)28-3/h5-13H,4H2,1-3H3,(H2,22,23,26). The molecule has 2 aromatic carbocycles. The Balaban J connectivity index is 1.64. The van der Waals surface area contributed by atoms with Crippen molar-refractivity contribution in [3.8, 4) is 28.6 Å². The van der Waals surface area contributed by atoms with Crippen LogP contribution in [0.4, 0.5) is 16.2 Å². The normalized spacial score (nSPS) is 10.2. The Morgan fingerprint density at radius 1 is 0.931 bits per heavy atom. The van der Waals surface area contributed by atoms with Gasteiger partial charge in [0.05, 0.1) is 32.2 Å². The molecule has 0 unspecified atom stereocenters. The number of carbonyl (C=O) groups excluding carboxylic acids is 1. The number of benzene rings is 2. The summed E-state index contributed by atoms with van der Waals surface area (Å²) in [7, 11) is 3.09. The minimum Gasteiger partial charge on any atom is -0.497 e. The summed E-state index contributed by atoms with van der Waals surface area (Å²) >= 11 is 0. The average Bonchev–Trinajstić information content (AvgIpc) is 2.75. The minimum absolute atomic E-state index is 0.387. The van der Waals surface area contributed by atoms with E-state index >= 15 is 0 Å². The van der Waals surface area contributed by atoms with Gasteiger partial charge in [-0.3, -0.25) is 0 Å². The molecule has 0 aliphatic carbocycles. The zero-order chi connectivity index (χ0) is 20.6. The summed E-state index contributed by atoms with van der Waals surface area (Å²) in [6.07, 6.45) is 0. The van der Waals surface area contributed by atoms with Gasteiger partial charge in [-0.15, -0.1) is 10.2 Å². The smallest absolute Gasteiger partial charge is 0.323 e. The topological polar surface area (TPSA) is 94.6 Å². The van der Waals surface area contributed by atoms with Crippen LogP contribution in [-0.2, 0) is 0 Å². The molecule has 0 saturated heterocycles. The Morgan fingerprint density at radius 3 is 2.34 bits per heavy atom. The molecule has 0 spiro atoms. The van der Waals surface area contributed by atoms with Crippen LogP contribution in [0.3, 0.4) is 0 Å². The number of rotatable bonds is 7. The van der Waals surface area contributed by atoms with Gasteiger partial charge in [-0.05, 0) is 37.3 Å².